The minimum Gasteiger partial charge on any atom is -0.378 e. The first-order chi connectivity index (χ1) is 17.5. The first-order valence-electron chi connectivity index (χ1n) is 11.7. The maximum atomic E-state index is 13.4. The molecule has 1 amide bonds. The number of hydrogen-bond acceptors (Lipinski definition) is 5. The van der Waals surface area contributed by atoms with E-state index in [0.29, 0.717) is 15.8 Å². The number of morpholine rings is 1. The molecule has 0 aromatic heterocycles. The molecule has 184 valence electrons. The molecular formula is C27H26ClN5O2S. The van der Waals surface area contributed by atoms with E-state index >= 15 is 0 Å². The lowest BCUT2D eigenvalue weighted by atomic mass is 10.0. The molecule has 0 radical (unpaired) electrons. The summed E-state index contributed by atoms with van der Waals surface area (Å²) in [5.74, 6) is -0.226. The number of thiocarbonyl (C=S) groups is 1. The minimum absolute atomic E-state index is 0.226. The van der Waals surface area contributed by atoms with E-state index in [-0.39, 0.29) is 5.91 Å². The topological polar surface area (TPSA) is 69.2 Å². The molecule has 1 atom stereocenters. The molecule has 1 unspecified atom stereocenters. The van der Waals surface area contributed by atoms with Crippen molar-refractivity contribution in [3.63, 3.8) is 0 Å². The van der Waals surface area contributed by atoms with Crippen LogP contribution in [-0.2, 0) is 9.53 Å². The van der Waals surface area contributed by atoms with Crippen molar-refractivity contribution in [3.8, 4) is 0 Å². The molecule has 0 spiro atoms. The summed E-state index contributed by atoms with van der Waals surface area (Å²) in [6, 6.07) is 23.2. The Labute approximate surface area is 220 Å². The molecule has 0 aliphatic carbocycles. The van der Waals surface area contributed by atoms with Crippen molar-refractivity contribution in [2.45, 2.75) is 6.17 Å². The zero-order valence-electron chi connectivity index (χ0n) is 19.8. The first-order valence-corrected chi connectivity index (χ1v) is 12.5. The SMILES string of the molecule is CN1C(=O)C(NC(=S)Nc2ccc(N3CCOCC3)cc2)N=C(c2ccccc2)c2cc(Cl)ccc21. The first kappa shape index (κ1) is 24.2. The number of halogens is 1. The number of rotatable bonds is 4. The zero-order chi connectivity index (χ0) is 25.1. The molecule has 2 N–H and O–H groups in total. The highest BCUT2D eigenvalue weighted by atomic mass is 35.5. The van der Waals surface area contributed by atoms with Gasteiger partial charge in [0.2, 0.25) is 6.17 Å². The second kappa shape index (κ2) is 10.7. The fourth-order valence-corrected chi connectivity index (χ4v) is 4.74. The third kappa shape index (κ3) is 5.21. The highest BCUT2D eigenvalue weighted by Gasteiger charge is 2.30. The second-order valence-corrected chi connectivity index (χ2v) is 9.39. The molecule has 2 heterocycles. The maximum absolute atomic E-state index is 13.4. The van der Waals surface area contributed by atoms with Gasteiger partial charge in [-0.05, 0) is 54.7 Å². The highest BCUT2D eigenvalue weighted by Crippen LogP contribution is 2.30. The Kier molecular flexibility index (Phi) is 7.18. The van der Waals surface area contributed by atoms with Crippen LogP contribution in [0.3, 0.4) is 0 Å². The molecule has 1 saturated heterocycles. The summed E-state index contributed by atoms with van der Waals surface area (Å²) in [5, 5.41) is 7.15. The van der Waals surface area contributed by atoms with E-state index in [9.17, 15) is 4.79 Å². The van der Waals surface area contributed by atoms with Gasteiger partial charge in [0, 0.05) is 47.7 Å². The molecule has 7 nitrogen and oxygen atoms in total. The van der Waals surface area contributed by atoms with Crippen molar-refractivity contribution < 1.29 is 9.53 Å². The van der Waals surface area contributed by atoms with Crippen LogP contribution in [0.2, 0.25) is 5.02 Å². The molecule has 3 aromatic rings. The molecule has 0 bridgehead atoms. The molecule has 2 aliphatic heterocycles. The quantitative estimate of drug-likeness (QED) is 0.501. The van der Waals surface area contributed by atoms with Gasteiger partial charge in [-0.2, -0.15) is 0 Å². The number of benzodiazepines with no additional fused rings is 1. The fourth-order valence-electron chi connectivity index (χ4n) is 4.33. The number of fused-ring (bicyclic) bond motifs is 1. The molecule has 36 heavy (non-hydrogen) atoms. The highest BCUT2D eigenvalue weighted by molar-refractivity contribution is 7.80. The summed E-state index contributed by atoms with van der Waals surface area (Å²) in [7, 11) is 1.73. The Morgan fingerprint density at radius 1 is 1.06 bits per heavy atom. The molecule has 9 heteroatoms. The van der Waals surface area contributed by atoms with Crippen molar-refractivity contribution in [1.82, 2.24) is 5.32 Å². The molecule has 0 saturated carbocycles. The van der Waals surface area contributed by atoms with Crippen LogP contribution in [0.25, 0.3) is 0 Å². The van der Waals surface area contributed by atoms with E-state index in [4.69, 9.17) is 33.5 Å². The Hall–Kier alpha value is -3.46. The summed E-state index contributed by atoms with van der Waals surface area (Å²) in [6.07, 6.45) is -0.913. The number of benzene rings is 3. The zero-order valence-corrected chi connectivity index (χ0v) is 21.4. The number of nitrogens with one attached hydrogen (secondary N) is 2. The van der Waals surface area contributed by atoms with Gasteiger partial charge in [0.1, 0.15) is 0 Å². The van der Waals surface area contributed by atoms with E-state index in [1.165, 1.54) is 0 Å². The lowest BCUT2D eigenvalue weighted by molar-refractivity contribution is -0.119. The number of anilines is 3. The van der Waals surface area contributed by atoms with Crippen LogP contribution in [-0.4, -0.2) is 56.2 Å². The van der Waals surface area contributed by atoms with Crippen LogP contribution in [0.4, 0.5) is 17.1 Å². The van der Waals surface area contributed by atoms with Crippen LogP contribution < -0.4 is 20.4 Å². The summed E-state index contributed by atoms with van der Waals surface area (Å²) >= 11 is 11.9. The summed E-state index contributed by atoms with van der Waals surface area (Å²) in [4.78, 5) is 22.1. The van der Waals surface area contributed by atoms with Crippen LogP contribution in [0.1, 0.15) is 11.1 Å². The van der Waals surface area contributed by atoms with Gasteiger partial charge in [-0.1, -0.05) is 41.9 Å². The fraction of sp³-hybridized carbons (Fsp3) is 0.222. The van der Waals surface area contributed by atoms with E-state index in [2.05, 4.69) is 15.5 Å². The van der Waals surface area contributed by atoms with Crippen LogP contribution >= 0.6 is 23.8 Å². The number of ether oxygens (including phenoxy) is 1. The molecule has 3 aromatic carbocycles. The van der Waals surface area contributed by atoms with E-state index in [1.807, 2.05) is 66.7 Å². The second-order valence-electron chi connectivity index (χ2n) is 8.55. The molecule has 1 fully saturated rings. The number of amides is 1. The van der Waals surface area contributed by atoms with Gasteiger partial charge < -0.3 is 25.2 Å². The average molecular weight is 520 g/mol. The van der Waals surface area contributed by atoms with E-state index < -0.39 is 6.17 Å². The van der Waals surface area contributed by atoms with Crippen LogP contribution in [0.15, 0.2) is 77.8 Å². The van der Waals surface area contributed by atoms with Crippen LogP contribution in [0, 0.1) is 0 Å². The van der Waals surface area contributed by atoms with Gasteiger partial charge in [-0.15, -0.1) is 0 Å². The predicted octanol–water partition coefficient (Wildman–Crippen LogP) is 4.30. The van der Waals surface area contributed by atoms with Gasteiger partial charge in [-0.3, -0.25) is 4.79 Å². The number of carbonyl (C=O) groups is 1. The summed E-state index contributed by atoms with van der Waals surface area (Å²) in [6.45, 7) is 3.22. The number of carbonyl (C=O) groups excluding carboxylic acids is 1. The van der Waals surface area contributed by atoms with Gasteiger partial charge in [-0.25, -0.2) is 4.99 Å². The minimum atomic E-state index is -0.913. The van der Waals surface area contributed by atoms with E-state index in [0.717, 1.165) is 54.5 Å². The Morgan fingerprint density at radius 3 is 2.50 bits per heavy atom. The lowest BCUT2D eigenvalue weighted by Gasteiger charge is -2.29. The van der Waals surface area contributed by atoms with Crippen molar-refractivity contribution in [2.75, 3.05) is 48.5 Å². The van der Waals surface area contributed by atoms with Crippen molar-refractivity contribution in [3.05, 3.63) is 88.9 Å². The molecule has 2 aliphatic rings. The maximum Gasteiger partial charge on any atom is 0.272 e. The predicted molar refractivity (Wildman–Crippen MR) is 150 cm³/mol. The Morgan fingerprint density at radius 2 is 1.78 bits per heavy atom. The lowest BCUT2D eigenvalue weighted by Crippen LogP contribution is -2.47. The monoisotopic (exact) mass is 519 g/mol. The standard InChI is InChI=1S/C27H26ClN5O2S/c1-32-23-12-7-19(28)17-22(23)24(18-5-3-2-4-6-18)30-25(26(32)34)31-27(36)29-20-8-10-21(11-9-20)33-13-15-35-16-14-33/h2-12,17,25H,13-16H2,1H3,(H2,29,31,36). The van der Waals surface area contributed by atoms with Gasteiger partial charge in [0.05, 0.1) is 24.6 Å². The number of nitrogens with zero attached hydrogens (tertiary/aromatic N) is 3. The number of aliphatic imine (C=N–C) groups is 1. The van der Waals surface area contributed by atoms with Gasteiger partial charge >= 0.3 is 0 Å². The normalized spacial score (nSPS) is 17.7. The largest absolute Gasteiger partial charge is 0.378 e. The van der Waals surface area contributed by atoms with Crippen molar-refractivity contribution >= 4 is 57.6 Å². The third-order valence-corrected chi connectivity index (χ3v) is 6.67. The smallest absolute Gasteiger partial charge is 0.272 e. The van der Waals surface area contributed by atoms with E-state index in [1.54, 1.807) is 18.0 Å². The summed E-state index contributed by atoms with van der Waals surface area (Å²) < 4.78 is 5.43. The van der Waals surface area contributed by atoms with Crippen LogP contribution in [0.5, 0.6) is 0 Å². The van der Waals surface area contributed by atoms with Gasteiger partial charge in [0.15, 0.2) is 5.11 Å². The van der Waals surface area contributed by atoms with Crippen molar-refractivity contribution in [1.29, 1.82) is 0 Å². The Bertz CT molecular complexity index is 1290. The Balaban J connectivity index is 1.38. The average Bonchev–Trinajstić information content (AvgIpc) is 3.00. The van der Waals surface area contributed by atoms with Crippen molar-refractivity contribution in [2.24, 2.45) is 4.99 Å². The third-order valence-electron chi connectivity index (χ3n) is 6.21. The summed E-state index contributed by atoms with van der Waals surface area (Å²) in [5.41, 5.74) is 5.02. The number of hydrogen-bond donors (Lipinski definition) is 2. The van der Waals surface area contributed by atoms with Gasteiger partial charge in [0.25, 0.3) is 5.91 Å². The number of likely N-dealkylation sites (N-methyl/N-ethyl adjacent to an activating group) is 1. The molecular weight excluding hydrogens is 494 g/mol. The molecule has 5 rings (SSSR count).